The molecule has 0 aliphatic carbocycles. The standard InChI is InChI=1S/C17H17N5O2/c18-11-12-2-1-3-14(10-12)24-16-7-9-20-17(22-16)21-13-4-5-15(23)19-8-6-13/h1-3,7,9-10,13H,4-6,8H2,(H,19,23)(H,20,21,22). The van der Waals surface area contributed by atoms with Crippen LogP contribution in [-0.4, -0.2) is 28.5 Å². The van der Waals surface area contributed by atoms with E-state index >= 15 is 0 Å². The van der Waals surface area contributed by atoms with E-state index in [0.717, 1.165) is 12.8 Å². The van der Waals surface area contributed by atoms with Gasteiger partial charge in [0.05, 0.1) is 11.6 Å². The quantitative estimate of drug-likeness (QED) is 0.895. The fourth-order valence-corrected chi connectivity index (χ4v) is 2.47. The zero-order valence-electron chi connectivity index (χ0n) is 13.0. The number of hydrogen-bond acceptors (Lipinski definition) is 6. The summed E-state index contributed by atoms with van der Waals surface area (Å²) >= 11 is 0. The maximum Gasteiger partial charge on any atom is 0.226 e. The highest BCUT2D eigenvalue weighted by molar-refractivity contribution is 5.76. The van der Waals surface area contributed by atoms with Crippen LogP contribution in [0.25, 0.3) is 0 Å². The first-order valence-electron chi connectivity index (χ1n) is 7.77. The number of nitriles is 1. The molecule has 1 aromatic heterocycles. The molecule has 2 heterocycles. The number of rotatable bonds is 4. The van der Waals surface area contributed by atoms with E-state index in [1.165, 1.54) is 0 Å². The lowest BCUT2D eigenvalue weighted by atomic mass is 10.1. The summed E-state index contributed by atoms with van der Waals surface area (Å²) in [5.41, 5.74) is 0.524. The SMILES string of the molecule is N#Cc1cccc(Oc2ccnc(NC3CCNC(=O)CC3)n2)c1. The van der Waals surface area contributed by atoms with E-state index < -0.39 is 0 Å². The smallest absolute Gasteiger partial charge is 0.226 e. The lowest BCUT2D eigenvalue weighted by Crippen LogP contribution is -2.23. The van der Waals surface area contributed by atoms with Crippen molar-refractivity contribution in [3.8, 4) is 17.7 Å². The van der Waals surface area contributed by atoms with Crippen LogP contribution in [0, 0.1) is 11.3 Å². The minimum atomic E-state index is 0.0784. The summed E-state index contributed by atoms with van der Waals surface area (Å²) in [7, 11) is 0. The second kappa shape index (κ2) is 7.42. The Labute approximate surface area is 139 Å². The van der Waals surface area contributed by atoms with Gasteiger partial charge in [-0.15, -0.1) is 0 Å². The number of carbonyl (C=O) groups is 1. The fourth-order valence-electron chi connectivity index (χ4n) is 2.47. The summed E-state index contributed by atoms with van der Waals surface area (Å²) in [6.07, 6.45) is 3.67. The molecule has 7 heteroatoms. The molecule has 1 aromatic carbocycles. The number of ether oxygens (including phenoxy) is 1. The Balaban J connectivity index is 1.67. The third-order valence-electron chi connectivity index (χ3n) is 3.68. The average molecular weight is 323 g/mol. The first-order chi connectivity index (χ1) is 11.7. The maximum atomic E-state index is 11.4. The van der Waals surface area contributed by atoms with Crippen molar-refractivity contribution in [2.45, 2.75) is 25.3 Å². The van der Waals surface area contributed by atoms with Crippen molar-refractivity contribution in [1.29, 1.82) is 5.26 Å². The molecule has 2 aromatic rings. The normalized spacial score (nSPS) is 17.3. The van der Waals surface area contributed by atoms with Crippen LogP contribution in [0.5, 0.6) is 11.6 Å². The molecular weight excluding hydrogens is 306 g/mol. The molecule has 0 spiro atoms. The van der Waals surface area contributed by atoms with Gasteiger partial charge in [-0.3, -0.25) is 4.79 Å². The molecule has 1 amide bonds. The molecule has 0 radical (unpaired) electrons. The monoisotopic (exact) mass is 323 g/mol. The fraction of sp³-hybridized carbons (Fsp3) is 0.294. The zero-order valence-corrected chi connectivity index (χ0v) is 13.0. The maximum absolute atomic E-state index is 11.4. The highest BCUT2D eigenvalue weighted by Gasteiger charge is 2.16. The molecule has 1 aliphatic heterocycles. The van der Waals surface area contributed by atoms with Gasteiger partial charge in [0.1, 0.15) is 5.75 Å². The van der Waals surface area contributed by atoms with Crippen LogP contribution in [0.4, 0.5) is 5.95 Å². The second-order valence-electron chi connectivity index (χ2n) is 5.48. The van der Waals surface area contributed by atoms with Gasteiger partial charge in [0.15, 0.2) is 0 Å². The van der Waals surface area contributed by atoms with Gasteiger partial charge in [0, 0.05) is 31.3 Å². The molecule has 1 unspecified atom stereocenters. The molecule has 1 saturated heterocycles. The van der Waals surface area contributed by atoms with Crippen molar-refractivity contribution < 1.29 is 9.53 Å². The van der Waals surface area contributed by atoms with Crippen LogP contribution in [0.15, 0.2) is 36.5 Å². The van der Waals surface area contributed by atoms with Crippen LogP contribution in [0.1, 0.15) is 24.8 Å². The van der Waals surface area contributed by atoms with Crippen LogP contribution in [0.2, 0.25) is 0 Å². The van der Waals surface area contributed by atoms with E-state index in [2.05, 4.69) is 26.7 Å². The third kappa shape index (κ3) is 4.20. The summed E-state index contributed by atoms with van der Waals surface area (Å²) in [6, 6.07) is 10.7. The number of benzene rings is 1. The topological polar surface area (TPSA) is 99.9 Å². The zero-order chi connectivity index (χ0) is 16.8. The number of nitrogens with zero attached hydrogens (tertiary/aromatic N) is 3. The second-order valence-corrected chi connectivity index (χ2v) is 5.48. The first-order valence-corrected chi connectivity index (χ1v) is 7.77. The van der Waals surface area contributed by atoms with E-state index in [0.29, 0.717) is 36.1 Å². The first kappa shape index (κ1) is 15.7. The number of aromatic nitrogens is 2. The lowest BCUT2D eigenvalue weighted by Gasteiger charge is -2.15. The number of carbonyl (C=O) groups excluding carboxylic acids is 1. The molecule has 0 saturated carbocycles. The molecule has 1 aliphatic rings. The van der Waals surface area contributed by atoms with Gasteiger partial charge in [-0.05, 0) is 31.0 Å². The van der Waals surface area contributed by atoms with Crippen molar-refractivity contribution in [2.24, 2.45) is 0 Å². The molecule has 24 heavy (non-hydrogen) atoms. The van der Waals surface area contributed by atoms with Crippen LogP contribution >= 0.6 is 0 Å². The summed E-state index contributed by atoms with van der Waals surface area (Å²) < 4.78 is 5.68. The number of hydrogen-bond donors (Lipinski definition) is 2. The van der Waals surface area contributed by atoms with Gasteiger partial charge in [0.2, 0.25) is 17.7 Å². The number of nitrogens with one attached hydrogen (secondary N) is 2. The highest BCUT2D eigenvalue weighted by atomic mass is 16.5. The minimum absolute atomic E-state index is 0.0784. The summed E-state index contributed by atoms with van der Waals surface area (Å²) in [5.74, 6) is 1.48. The minimum Gasteiger partial charge on any atom is -0.439 e. The van der Waals surface area contributed by atoms with Crippen molar-refractivity contribution in [3.05, 3.63) is 42.1 Å². The van der Waals surface area contributed by atoms with Crippen molar-refractivity contribution in [2.75, 3.05) is 11.9 Å². The molecule has 2 N–H and O–H groups in total. The van der Waals surface area contributed by atoms with Crippen LogP contribution < -0.4 is 15.4 Å². The molecule has 1 fully saturated rings. The van der Waals surface area contributed by atoms with Gasteiger partial charge in [-0.25, -0.2) is 4.98 Å². The summed E-state index contributed by atoms with van der Waals surface area (Å²) in [4.78, 5) is 19.9. The van der Waals surface area contributed by atoms with Crippen molar-refractivity contribution in [3.63, 3.8) is 0 Å². The van der Waals surface area contributed by atoms with Gasteiger partial charge >= 0.3 is 0 Å². The predicted octanol–water partition coefficient (Wildman–Crippen LogP) is 2.22. The van der Waals surface area contributed by atoms with Gasteiger partial charge in [-0.2, -0.15) is 10.2 Å². The highest BCUT2D eigenvalue weighted by Crippen LogP contribution is 2.21. The van der Waals surface area contributed by atoms with Gasteiger partial charge in [-0.1, -0.05) is 6.07 Å². The largest absolute Gasteiger partial charge is 0.439 e. The van der Waals surface area contributed by atoms with Crippen LogP contribution in [0.3, 0.4) is 0 Å². The molecule has 0 bridgehead atoms. The number of amides is 1. The Morgan fingerprint density at radius 1 is 1.33 bits per heavy atom. The average Bonchev–Trinajstić information content (AvgIpc) is 2.80. The molecular formula is C17H17N5O2. The Kier molecular flexibility index (Phi) is 4.87. The van der Waals surface area contributed by atoms with E-state index in [1.807, 2.05) is 0 Å². The molecule has 7 nitrogen and oxygen atoms in total. The Morgan fingerprint density at radius 2 is 2.25 bits per heavy atom. The summed E-state index contributed by atoms with van der Waals surface area (Å²) in [5, 5.41) is 15.0. The number of anilines is 1. The third-order valence-corrected chi connectivity index (χ3v) is 3.68. The summed E-state index contributed by atoms with van der Waals surface area (Å²) in [6.45, 7) is 0.646. The lowest BCUT2D eigenvalue weighted by molar-refractivity contribution is -0.120. The molecule has 3 rings (SSSR count). The molecule has 122 valence electrons. The van der Waals surface area contributed by atoms with Crippen LogP contribution in [-0.2, 0) is 4.79 Å². The Hall–Kier alpha value is -3.14. The van der Waals surface area contributed by atoms with Gasteiger partial charge < -0.3 is 15.4 Å². The van der Waals surface area contributed by atoms with Crippen molar-refractivity contribution >= 4 is 11.9 Å². The Morgan fingerprint density at radius 3 is 3.12 bits per heavy atom. The van der Waals surface area contributed by atoms with Crippen molar-refractivity contribution in [1.82, 2.24) is 15.3 Å². The van der Waals surface area contributed by atoms with Gasteiger partial charge in [0.25, 0.3) is 0 Å². The van der Waals surface area contributed by atoms with E-state index in [1.54, 1.807) is 36.5 Å². The molecule has 1 atom stereocenters. The predicted molar refractivity (Wildman–Crippen MR) is 87.5 cm³/mol. The van der Waals surface area contributed by atoms with E-state index in [-0.39, 0.29) is 11.9 Å². The Bertz CT molecular complexity index is 772. The van der Waals surface area contributed by atoms with E-state index in [9.17, 15) is 4.79 Å². The van der Waals surface area contributed by atoms with E-state index in [4.69, 9.17) is 10.00 Å².